The highest BCUT2D eigenvalue weighted by molar-refractivity contribution is 7.20. The number of benzene rings is 5. The summed E-state index contributed by atoms with van der Waals surface area (Å²) in [4.78, 5) is 6.40. The largest absolute Gasteiger partial charge is 0.309 e. The van der Waals surface area contributed by atoms with Gasteiger partial charge in [-0.05, 0) is 72.5 Å². The first kappa shape index (κ1) is 23.5. The maximum absolute atomic E-state index is 5.21. The molecule has 0 aliphatic carbocycles. The molecule has 9 aromatic rings. The minimum absolute atomic E-state index is 0.993. The van der Waals surface area contributed by atoms with E-state index >= 15 is 0 Å². The molecule has 0 aliphatic rings. The summed E-state index contributed by atoms with van der Waals surface area (Å²) in [5.74, 6) is 0. The SMILES string of the molecule is C=Cc1sc2cc3c(cc2c1/C=C\C)c1cc2c(cc1n1c4ccccc4nc31)c1ccccc1n2-c1ccccc1. The van der Waals surface area contributed by atoms with Gasteiger partial charge < -0.3 is 4.57 Å². The molecule has 4 aromatic heterocycles. The fourth-order valence-corrected chi connectivity index (χ4v) is 7.85. The molecular formula is C38H25N3S. The maximum atomic E-state index is 5.21. The summed E-state index contributed by atoms with van der Waals surface area (Å²) >= 11 is 1.79. The minimum Gasteiger partial charge on any atom is -0.309 e. The topological polar surface area (TPSA) is 22.2 Å². The third kappa shape index (κ3) is 3.07. The zero-order valence-electron chi connectivity index (χ0n) is 23.0. The Morgan fingerprint density at radius 3 is 2.24 bits per heavy atom. The van der Waals surface area contributed by atoms with Gasteiger partial charge in [0.05, 0.1) is 27.6 Å². The average Bonchev–Trinajstić information content (AvgIpc) is 3.69. The van der Waals surface area contributed by atoms with Crippen LogP contribution < -0.4 is 0 Å². The molecule has 42 heavy (non-hydrogen) atoms. The number of pyridine rings is 1. The summed E-state index contributed by atoms with van der Waals surface area (Å²) in [6.45, 7) is 6.19. The molecule has 0 unspecified atom stereocenters. The maximum Gasteiger partial charge on any atom is 0.146 e. The second-order valence-electron chi connectivity index (χ2n) is 10.8. The Balaban J connectivity index is 1.56. The molecule has 0 saturated carbocycles. The lowest BCUT2D eigenvalue weighted by atomic mass is 10.00. The van der Waals surface area contributed by atoms with Gasteiger partial charge in [0.2, 0.25) is 0 Å². The smallest absolute Gasteiger partial charge is 0.146 e. The van der Waals surface area contributed by atoms with Crippen LogP contribution in [-0.2, 0) is 0 Å². The first-order chi connectivity index (χ1) is 20.7. The summed E-state index contributed by atoms with van der Waals surface area (Å²) in [5.41, 5.74) is 9.09. The second kappa shape index (κ2) is 8.65. The molecule has 0 saturated heterocycles. The van der Waals surface area contributed by atoms with Crippen molar-refractivity contribution in [2.45, 2.75) is 6.92 Å². The molecule has 4 heterocycles. The molecular weight excluding hydrogens is 531 g/mol. The van der Waals surface area contributed by atoms with Crippen LogP contribution in [0.2, 0.25) is 0 Å². The van der Waals surface area contributed by atoms with Gasteiger partial charge in [0.1, 0.15) is 5.65 Å². The predicted octanol–water partition coefficient (Wildman–Crippen LogP) is 10.8. The first-order valence-corrected chi connectivity index (χ1v) is 15.0. The van der Waals surface area contributed by atoms with E-state index in [0.29, 0.717) is 0 Å². The third-order valence-corrected chi connectivity index (χ3v) is 9.72. The zero-order valence-corrected chi connectivity index (χ0v) is 23.8. The highest BCUT2D eigenvalue weighted by atomic mass is 32.1. The lowest BCUT2D eigenvalue weighted by Crippen LogP contribution is -1.95. The van der Waals surface area contributed by atoms with Crippen molar-refractivity contribution in [3.05, 3.63) is 126 Å². The molecule has 0 amide bonds. The summed E-state index contributed by atoms with van der Waals surface area (Å²) in [5, 5.41) is 7.33. The highest BCUT2D eigenvalue weighted by Gasteiger charge is 2.20. The van der Waals surface area contributed by atoms with Crippen LogP contribution in [0, 0.1) is 0 Å². The van der Waals surface area contributed by atoms with E-state index in [9.17, 15) is 0 Å². The number of allylic oxidation sites excluding steroid dienone is 1. The van der Waals surface area contributed by atoms with Crippen LogP contribution in [0.25, 0.3) is 88.1 Å². The number of nitrogens with zero attached hydrogens (tertiary/aromatic N) is 3. The van der Waals surface area contributed by atoms with Gasteiger partial charge in [0.25, 0.3) is 0 Å². The van der Waals surface area contributed by atoms with Crippen molar-refractivity contribution in [1.29, 1.82) is 0 Å². The average molecular weight is 556 g/mol. The standard InChI is InChI=1S/C38H25N3S/c1-3-12-25-29-19-26-28-21-34-27(24-15-8-10-17-32(24)40(34)23-13-6-5-7-14-23)20-35(28)41-33-18-11-9-16-31(33)39-38(41)30(26)22-37(29)42-36(25)4-2/h3-22H,2H2,1H3/b12-3-. The van der Waals surface area contributed by atoms with Crippen molar-refractivity contribution in [2.75, 3.05) is 0 Å². The monoisotopic (exact) mass is 555 g/mol. The molecule has 0 aliphatic heterocycles. The second-order valence-corrected chi connectivity index (χ2v) is 11.9. The number of aromatic nitrogens is 3. The van der Waals surface area contributed by atoms with Gasteiger partial charge in [-0.2, -0.15) is 0 Å². The highest BCUT2D eigenvalue weighted by Crippen LogP contribution is 2.42. The lowest BCUT2D eigenvalue weighted by molar-refractivity contribution is 1.18. The fraction of sp³-hybridized carbons (Fsp3) is 0.0263. The van der Waals surface area contributed by atoms with Crippen molar-refractivity contribution in [2.24, 2.45) is 0 Å². The molecule has 0 radical (unpaired) electrons. The van der Waals surface area contributed by atoms with Gasteiger partial charge in [-0.15, -0.1) is 11.3 Å². The van der Waals surface area contributed by atoms with Crippen LogP contribution >= 0.6 is 11.3 Å². The lowest BCUT2D eigenvalue weighted by Gasteiger charge is -2.12. The van der Waals surface area contributed by atoms with E-state index < -0.39 is 0 Å². The number of hydrogen-bond donors (Lipinski definition) is 0. The summed E-state index contributed by atoms with van der Waals surface area (Å²) < 4.78 is 6.01. The van der Waals surface area contributed by atoms with Crippen LogP contribution in [0.1, 0.15) is 17.4 Å². The van der Waals surface area contributed by atoms with E-state index in [0.717, 1.165) is 27.8 Å². The van der Waals surface area contributed by atoms with Gasteiger partial charge in [0, 0.05) is 42.2 Å². The Morgan fingerprint density at radius 1 is 0.667 bits per heavy atom. The molecule has 0 N–H and O–H groups in total. The van der Waals surface area contributed by atoms with Crippen molar-refractivity contribution >= 4 is 93.7 Å². The molecule has 4 heteroatoms. The molecule has 9 rings (SSSR count). The van der Waals surface area contributed by atoms with Gasteiger partial charge in [-0.1, -0.05) is 73.3 Å². The van der Waals surface area contributed by atoms with E-state index in [4.69, 9.17) is 4.98 Å². The van der Waals surface area contributed by atoms with Gasteiger partial charge in [-0.3, -0.25) is 4.40 Å². The van der Waals surface area contributed by atoms with Gasteiger partial charge >= 0.3 is 0 Å². The molecule has 0 bridgehead atoms. The Morgan fingerprint density at radius 2 is 1.40 bits per heavy atom. The van der Waals surface area contributed by atoms with Crippen LogP contribution in [0.4, 0.5) is 0 Å². The molecule has 0 spiro atoms. The van der Waals surface area contributed by atoms with Gasteiger partial charge in [-0.25, -0.2) is 4.98 Å². The number of para-hydroxylation sites is 4. The summed E-state index contributed by atoms with van der Waals surface area (Å²) in [7, 11) is 0. The number of imidazole rings is 1. The van der Waals surface area contributed by atoms with E-state index in [2.05, 4.69) is 138 Å². The molecule has 3 nitrogen and oxygen atoms in total. The number of hydrogen-bond acceptors (Lipinski definition) is 2. The summed E-state index contributed by atoms with van der Waals surface area (Å²) in [6, 6.07) is 37.4. The number of fused-ring (bicyclic) bond motifs is 12. The molecule has 198 valence electrons. The first-order valence-electron chi connectivity index (χ1n) is 14.2. The van der Waals surface area contributed by atoms with Crippen LogP contribution in [0.5, 0.6) is 0 Å². The predicted molar refractivity (Wildman–Crippen MR) is 182 cm³/mol. The van der Waals surface area contributed by atoms with Gasteiger partial charge in [0.15, 0.2) is 0 Å². The zero-order chi connectivity index (χ0) is 27.9. The molecule has 5 aromatic carbocycles. The normalized spacial score (nSPS) is 12.4. The van der Waals surface area contributed by atoms with Crippen molar-refractivity contribution in [3.8, 4) is 5.69 Å². The molecule has 0 atom stereocenters. The third-order valence-electron chi connectivity index (χ3n) is 8.55. The quantitative estimate of drug-likeness (QED) is 0.199. The van der Waals surface area contributed by atoms with E-state index in [1.807, 2.05) is 6.08 Å². The van der Waals surface area contributed by atoms with Crippen molar-refractivity contribution < 1.29 is 0 Å². The minimum atomic E-state index is 0.993. The Labute approximate surface area is 245 Å². The van der Waals surface area contributed by atoms with E-state index in [1.54, 1.807) is 11.3 Å². The van der Waals surface area contributed by atoms with Crippen LogP contribution in [-0.4, -0.2) is 14.0 Å². The Bertz CT molecular complexity index is 2590. The van der Waals surface area contributed by atoms with Crippen LogP contribution in [0.3, 0.4) is 0 Å². The van der Waals surface area contributed by atoms with Crippen LogP contribution in [0.15, 0.2) is 116 Å². The van der Waals surface area contributed by atoms with E-state index in [1.165, 1.54) is 58.6 Å². The fourth-order valence-electron chi connectivity index (χ4n) is 6.79. The number of thiophene rings is 1. The van der Waals surface area contributed by atoms with Crippen molar-refractivity contribution in [1.82, 2.24) is 14.0 Å². The molecule has 0 fully saturated rings. The summed E-state index contributed by atoms with van der Waals surface area (Å²) in [6.07, 6.45) is 6.30. The van der Waals surface area contributed by atoms with Crippen molar-refractivity contribution in [3.63, 3.8) is 0 Å². The Hall–Kier alpha value is -5.19. The number of rotatable bonds is 3. The Kier molecular flexibility index (Phi) is 4.84. The van der Waals surface area contributed by atoms with E-state index in [-0.39, 0.29) is 0 Å².